The van der Waals surface area contributed by atoms with Crippen LogP contribution < -0.4 is 0 Å². The summed E-state index contributed by atoms with van der Waals surface area (Å²) in [5.74, 6) is -0.151. The topological polar surface area (TPSA) is 77.0 Å². The van der Waals surface area contributed by atoms with Gasteiger partial charge in [0, 0.05) is 57.1 Å². The Labute approximate surface area is 154 Å². The second kappa shape index (κ2) is 7.72. The molecule has 3 heterocycles. The Hall–Kier alpha value is -1.99. The highest BCUT2D eigenvalue weighted by atomic mass is 16.3. The van der Waals surface area contributed by atoms with Crippen molar-refractivity contribution in [2.45, 2.75) is 24.9 Å². The van der Waals surface area contributed by atoms with E-state index in [1.165, 1.54) is 0 Å². The molecule has 0 aliphatic carbocycles. The van der Waals surface area contributed by atoms with Crippen molar-refractivity contribution >= 4 is 11.8 Å². The van der Waals surface area contributed by atoms with Crippen LogP contribution in [0.3, 0.4) is 0 Å². The molecule has 1 N–H and O–H groups in total. The lowest BCUT2D eigenvalue weighted by Gasteiger charge is -2.39. The van der Waals surface area contributed by atoms with Gasteiger partial charge in [-0.1, -0.05) is 6.07 Å². The maximum absolute atomic E-state index is 12.8. The van der Waals surface area contributed by atoms with E-state index in [2.05, 4.69) is 4.98 Å². The molecule has 3 rings (SSSR count). The fraction of sp³-hybridized carbons (Fsp3) is 0.632. The number of aromatic nitrogens is 1. The molecule has 0 unspecified atom stereocenters. The quantitative estimate of drug-likeness (QED) is 0.817. The molecule has 2 aliphatic rings. The third-order valence-electron chi connectivity index (χ3n) is 5.48. The van der Waals surface area contributed by atoms with E-state index in [0.717, 1.165) is 12.1 Å². The van der Waals surface area contributed by atoms with E-state index >= 15 is 0 Å². The number of nitrogens with zero attached hydrogens (tertiary/aromatic N) is 4. The Kier molecular flexibility index (Phi) is 5.58. The molecule has 7 nitrogen and oxygen atoms in total. The highest BCUT2D eigenvalue weighted by Gasteiger charge is 2.40. The number of likely N-dealkylation sites (tertiary alicyclic amines) is 2. The monoisotopic (exact) mass is 360 g/mol. The molecule has 2 fully saturated rings. The molecule has 0 spiro atoms. The summed E-state index contributed by atoms with van der Waals surface area (Å²) in [6, 6.07) is 3.69. The summed E-state index contributed by atoms with van der Waals surface area (Å²) in [7, 11) is 3.95. The Morgan fingerprint density at radius 3 is 2.73 bits per heavy atom. The van der Waals surface area contributed by atoms with Crippen molar-refractivity contribution in [2.24, 2.45) is 5.92 Å². The first-order valence-corrected chi connectivity index (χ1v) is 9.23. The maximum atomic E-state index is 12.8. The molecule has 1 atom stereocenters. The molecule has 1 aromatic rings. The van der Waals surface area contributed by atoms with Crippen LogP contribution in [0.25, 0.3) is 0 Å². The lowest BCUT2D eigenvalue weighted by molar-refractivity contribution is -0.140. The molecule has 1 aromatic heterocycles. The zero-order valence-corrected chi connectivity index (χ0v) is 15.6. The van der Waals surface area contributed by atoms with E-state index in [9.17, 15) is 14.7 Å². The highest BCUT2D eigenvalue weighted by molar-refractivity contribution is 5.89. The van der Waals surface area contributed by atoms with Crippen molar-refractivity contribution in [2.75, 3.05) is 46.8 Å². The summed E-state index contributed by atoms with van der Waals surface area (Å²) in [4.78, 5) is 34.7. The highest BCUT2D eigenvalue weighted by Crippen LogP contribution is 2.33. The molecular formula is C19H28N4O3. The predicted molar refractivity (Wildman–Crippen MR) is 97.2 cm³/mol. The van der Waals surface area contributed by atoms with Crippen LogP contribution in [0.2, 0.25) is 0 Å². The number of carbonyl (C=O) groups is 2. The van der Waals surface area contributed by atoms with Crippen LogP contribution in [0.1, 0.15) is 24.8 Å². The normalized spacial score (nSPS) is 22.9. The summed E-state index contributed by atoms with van der Waals surface area (Å²) in [6.45, 7) is 2.99. The largest absolute Gasteiger partial charge is 0.385 e. The van der Waals surface area contributed by atoms with Gasteiger partial charge in [0.15, 0.2) is 0 Å². The molecule has 2 amide bonds. The fourth-order valence-electron chi connectivity index (χ4n) is 3.76. The van der Waals surface area contributed by atoms with Crippen molar-refractivity contribution in [3.8, 4) is 0 Å². The van der Waals surface area contributed by atoms with Crippen molar-refractivity contribution in [3.63, 3.8) is 0 Å². The van der Waals surface area contributed by atoms with Gasteiger partial charge in [0.25, 0.3) is 0 Å². The van der Waals surface area contributed by atoms with Gasteiger partial charge >= 0.3 is 0 Å². The SMILES string of the molecule is CN(C)CCN1C[C@H](C(=O)N2CCC(O)(c3cccnc3)CC2)CC1=O. The van der Waals surface area contributed by atoms with E-state index in [1.807, 2.05) is 31.1 Å². The number of aliphatic hydroxyl groups is 1. The zero-order valence-electron chi connectivity index (χ0n) is 15.6. The minimum Gasteiger partial charge on any atom is -0.385 e. The summed E-state index contributed by atoms with van der Waals surface area (Å²) in [6.07, 6.45) is 4.67. The van der Waals surface area contributed by atoms with Crippen molar-refractivity contribution < 1.29 is 14.7 Å². The summed E-state index contributed by atoms with van der Waals surface area (Å²) < 4.78 is 0. The lowest BCUT2D eigenvalue weighted by atomic mass is 9.85. The third-order valence-corrected chi connectivity index (χ3v) is 5.48. The number of pyridine rings is 1. The molecule has 26 heavy (non-hydrogen) atoms. The van der Waals surface area contributed by atoms with Gasteiger partial charge in [-0.15, -0.1) is 0 Å². The fourth-order valence-corrected chi connectivity index (χ4v) is 3.76. The zero-order chi connectivity index (χ0) is 18.7. The Balaban J connectivity index is 1.55. The second-order valence-electron chi connectivity index (χ2n) is 7.64. The van der Waals surface area contributed by atoms with Gasteiger partial charge in [-0.05, 0) is 33.0 Å². The number of amides is 2. The average Bonchev–Trinajstić information content (AvgIpc) is 3.01. The van der Waals surface area contributed by atoms with Crippen molar-refractivity contribution in [3.05, 3.63) is 30.1 Å². The van der Waals surface area contributed by atoms with Crippen LogP contribution >= 0.6 is 0 Å². The molecule has 2 saturated heterocycles. The van der Waals surface area contributed by atoms with E-state index in [0.29, 0.717) is 45.4 Å². The van der Waals surface area contributed by atoms with Gasteiger partial charge in [0.05, 0.1) is 11.5 Å². The molecule has 142 valence electrons. The van der Waals surface area contributed by atoms with Crippen LogP contribution in [0.4, 0.5) is 0 Å². The first-order valence-electron chi connectivity index (χ1n) is 9.23. The van der Waals surface area contributed by atoms with E-state index in [-0.39, 0.29) is 17.7 Å². The number of likely N-dealkylation sites (N-methyl/N-ethyl adjacent to an activating group) is 1. The molecular weight excluding hydrogens is 332 g/mol. The van der Waals surface area contributed by atoms with Gasteiger partial charge in [-0.25, -0.2) is 0 Å². The molecule has 0 radical (unpaired) electrons. The van der Waals surface area contributed by atoms with Gasteiger partial charge in [0.1, 0.15) is 0 Å². The van der Waals surface area contributed by atoms with Crippen molar-refractivity contribution in [1.29, 1.82) is 0 Å². The molecule has 2 aliphatic heterocycles. The number of carbonyl (C=O) groups excluding carboxylic acids is 2. The first kappa shape index (κ1) is 18.8. The first-order chi connectivity index (χ1) is 12.4. The van der Waals surface area contributed by atoms with Gasteiger partial charge in [0.2, 0.25) is 11.8 Å². The standard InChI is InChI=1S/C19H28N4O3/c1-21(2)10-11-23-14-15(12-17(23)24)18(25)22-8-5-19(26,6-9-22)16-4-3-7-20-13-16/h3-4,7,13,15,26H,5-6,8-12,14H2,1-2H3/t15-/m1/s1. The Bertz CT molecular complexity index is 641. The summed E-state index contributed by atoms with van der Waals surface area (Å²) >= 11 is 0. The molecule has 0 saturated carbocycles. The minimum absolute atomic E-state index is 0.0407. The van der Waals surface area contributed by atoms with E-state index in [1.54, 1.807) is 22.2 Å². The molecule has 7 heteroatoms. The van der Waals surface area contributed by atoms with Crippen LogP contribution in [-0.2, 0) is 15.2 Å². The number of rotatable bonds is 5. The van der Waals surface area contributed by atoms with Crippen molar-refractivity contribution in [1.82, 2.24) is 19.7 Å². The summed E-state index contributed by atoms with van der Waals surface area (Å²) in [5, 5.41) is 10.9. The average molecular weight is 360 g/mol. The van der Waals surface area contributed by atoms with Gasteiger partial charge < -0.3 is 19.8 Å². The number of hydrogen-bond acceptors (Lipinski definition) is 5. The van der Waals surface area contributed by atoms with E-state index in [4.69, 9.17) is 0 Å². The Morgan fingerprint density at radius 1 is 1.38 bits per heavy atom. The number of hydrogen-bond donors (Lipinski definition) is 1. The molecule has 0 bridgehead atoms. The predicted octanol–water partition coefficient (Wildman–Crippen LogP) is 0.302. The van der Waals surface area contributed by atoms with Crippen LogP contribution in [0.5, 0.6) is 0 Å². The van der Waals surface area contributed by atoms with E-state index < -0.39 is 5.60 Å². The van der Waals surface area contributed by atoms with Crippen LogP contribution in [0, 0.1) is 5.92 Å². The van der Waals surface area contributed by atoms with Gasteiger partial charge in [-0.2, -0.15) is 0 Å². The Morgan fingerprint density at radius 2 is 2.12 bits per heavy atom. The number of piperidine rings is 1. The third kappa shape index (κ3) is 4.04. The minimum atomic E-state index is -0.922. The lowest BCUT2D eigenvalue weighted by Crippen LogP contribution is -2.47. The second-order valence-corrected chi connectivity index (χ2v) is 7.64. The van der Waals surface area contributed by atoms with Crippen LogP contribution in [-0.4, -0.2) is 83.4 Å². The maximum Gasteiger partial charge on any atom is 0.227 e. The van der Waals surface area contributed by atoms with Gasteiger partial charge in [-0.3, -0.25) is 14.6 Å². The molecule has 0 aromatic carbocycles. The smallest absolute Gasteiger partial charge is 0.227 e. The summed E-state index contributed by atoms with van der Waals surface area (Å²) in [5.41, 5.74) is -0.119. The van der Waals surface area contributed by atoms with Crippen LogP contribution in [0.15, 0.2) is 24.5 Å².